The number of hydrogen-bond acceptors (Lipinski definition) is 1. The first-order valence-electron chi connectivity index (χ1n) is 9.32. The van der Waals surface area contributed by atoms with E-state index in [1.807, 2.05) is 18.2 Å². The van der Waals surface area contributed by atoms with E-state index in [0.717, 1.165) is 22.1 Å². The van der Waals surface area contributed by atoms with Crippen molar-refractivity contribution in [1.29, 1.82) is 0 Å². The zero-order valence-corrected chi connectivity index (χ0v) is 16.0. The molecule has 0 aromatic heterocycles. The van der Waals surface area contributed by atoms with Crippen molar-refractivity contribution >= 4 is 50.2 Å². The zero-order valence-electron chi connectivity index (χ0n) is 15.2. The lowest BCUT2D eigenvalue weighted by molar-refractivity contribution is 1.30. The molecule has 5 aromatic carbocycles. The summed E-state index contributed by atoms with van der Waals surface area (Å²) < 4.78 is 0. The standard InChI is InChI=1S/C26H18ClN/c27-22-11-6-12-23(18-22)28(24-16-15-19-7-1-2-9-21(19)17-24)26-14-5-10-20-8-3-4-13-25(20)26/h1-18H. The van der Waals surface area contributed by atoms with Crippen LogP contribution in [0.5, 0.6) is 0 Å². The van der Waals surface area contributed by atoms with Gasteiger partial charge < -0.3 is 4.90 Å². The summed E-state index contributed by atoms with van der Waals surface area (Å²) in [6.45, 7) is 0. The summed E-state index contributed by atoms with van der Waals surface area (Å²) in [6, 6.07) is 37.9. The molecule has 0 unspecified atom stereocenters. The Morgan fingerprint density at radius 1 is 0.500 bits per heavy atom. The first kappa shape index (κ1) is 16.9. The van der Waals surface area contributed by atoms with Crippen LogP contribution in [0.25, 0.3) is 21.5 Å². The Labute approximate surface area is 169 Å². The topological polar surface area (TPSA) is 3.24 Å². The molecule has 0 N–H and O–H groups in total. The maximum atomic E-state index is 6.35. The molecule has 1 nitrogen and oxygen atoms in total. The smallest absolute Gasteiger partial charge is 0.0540 e. The predicted octanol–water partition coefficient (Wildman–Crippen LogP) is 8.12. The summed E-state index contributed by atoms with van der Waals surface area (Å²) in [4.78, 5) is 2.28. The van der Waals surface area contributed by atoms with Crippen molar-refractivity contribution in [2.24, 2.45) is 0 Å². The molecule has 0 bridgehead atoms. The van der Waals surface area contributed by atoms with Gasteiger partial charge in [-0.2, -0.15) is 0 Å². The molecule has 0 atom stereocenters. The van der Waals surface area contributed by atoms with Crippen LogP contribution in [0.2, 0.25) is 5.02 Å². The van der Waals surface area contributed by atoms with Crippen molar-refractivity contribution in [3.8, 4) is 0 Å². The fraction of sp³-hybridized carbons (Fsp3) is 0. The van der Waals surface area contributed by atoms with Gasteiger partial charge in [0.2, 0.25) is 0 Å². The van der Waals surface area contributed by atoms with Crippen molar-refractivity contribution in [1.82, 2.24) is 0 Å². The Balaban J connectivity index is 1.79. The number of benzene rings is 5. The van der Waals surface area contributed by atoms with E-state index in [2.05, 4.69) is 95.9 Å². The summed E-state index contributed by atoms with van der Waals surface area (Å²) >= 11 is 6.35. The lowest BCUT2D eigenvalue weighted by Crippen LogP contribution is -2.10. The van der Waals surface area contributed by atoms with E-state index in [1.165, 1.54) is 21.5 Å². The largest absolute Gasteiger partial charge is 0.310 e. The number of rotatable bonds is 3. The van der Waals surface area contributed by atoms with Gasteiger partial charge in [-0.3, -0.25) is 0 Å². The summed E-state index contributed by atoms with van der Waals surface area (Å²) in [5, 5.41) is 5.59. The van der Waals surface area contributed by atoms with E-state index in [9.17, 15) is 0 Å². The average molecular weight is 380 g/mol. The van der Waals surface area contributed by atoms with Gasteiger partial charge in [-0.15, -0.1) is 0 Å². The third-order valence-corrected chi connectivity index (χ3v) is 5.30. The molecule has 5 aromatic rings. The normalized spacial score (nSPS) is 11.0. The molecule has 0 aliphatic rings. The van der Waals surface area contributed by atoms with Crippen LogP contribution in [0.3, 0.4) is 0 Å². The highest BCUT2D eigenvalue weighted by Gasteiger charge is 2.15. The number of hydrogen-bond donors (Lipinski definition) is 0. The highest BCUT2D eigenvalue weighted by atomic mass is 35.5. The molecule has 0 saturated heterocycles. The monoisotopic (exact) mass is 379 g/mol. The number of nitrogens with zero attached hydrogens (tertiary/aromatic N) is 1. The Morgan fingerprint density at radius 3 is 2.04 bits per heavy atom. The Kier molecular flexibility index (Phi) is 4.23. The molecule has 5 rings (SSSR count). The lowest BCUT2D eigenvalue weighted by atomic mass is 10.0. The molecule has 0 spiro atoms. The van der Waals surface area contributed by atoms with E-state index < -0.39 is 0 Å². The van der Waals surface area contributed by atoms with E-state index in [1.54, 1.807) is 0 Å². The summed E-state index contributed by atoms with van der Waals surface area (Å²) in [5.74, 6) is 0. The SMILES string of the molecule is Clc1cccc(N(c2ccc3ccccc3c2)c2cccc3ccccc23)c1. The van der Waals surface area contributed by atoms with Crippen molar-refractivity contribution in [2.75, 3.05) is 4.90 Å². The van der Waals surface area contributed by atoms with Gasteiger partial charge in [-0.1, -0.05) is 84.4 Å². The van der Waals surface area contributed by atoms with Crippen LogP contribution in [0.1, 0.15) is 0 Å². The van der Waals surface area contributed by atoms with Crippen LogP contribution < -0.4 is 4.90 Å². The molecule has 0 aliphatic carbocycles. The minimum atomic E-state index is 0.725. The summed E-state index contributed by atoms with van der Waals surface area (Å²) in [6.07, 6.45) is 0. The molecule has 134 valence electrons. The Bertz CT molecular complexity index is 1290. The molecule has 0 saturated carbocycles. The molecule has 28 heavy (non-hydrogen) atoms. The van der Waals surface area contributed by atoms with E-state index in [4.69, 9.17) is 11.6 Å². The van der Waals surface area contributed by atoms with Gasteiger partial charge >= 0.3 is 0 Å². The first-order valence-corrected chi connectivity index (χ1v) is 9.70. The van der Waals surface area contributed by atoms with E-state index in [-0.39, 0.29) is 0 Å². The second kappa shape index (κ2) is 7.03. The molecule has 0 amide bonds. The third kappa shape index (κ3) is 3.00. The van der Waals surface area contributed by atoms with Gasteiger partial charge in [-0.25, -0.2) is 0 Å². The van der Waals surface area contributed by atoms with Gasteiger partial charge in [0.15, 0.2) is 0 Å². The molecule has 0 aliphatic heterocycles. The molecule has 0 fully saturated rings. The van der Waals surface area contributed by atoms with Crippen molar-refractivity contribution in [3.05, 3.63) is 114 Å². The number of anilines is 3. The molecular weight excluding hydrogens is 362 g/mol. The number of fused-ring (bicyclic) bond motifs is 2. The fourth-order valence-corrected chi connectivity index (χ4v) is 3.95. The van der Waals surface area contributed by atoms with Crippen LogP contribution in [-0.2, 0) is 0 Å². The predicted molar refractivity (Wildman–Crippen MR) is 121 cm³/mol. The Hall–Kier alpha value is -3.29. The van der Waals surface area contributed by atoms with Crippen molar-refractivity contribution in [2.45, 2.75) is 0 Å². The minimum Gasteiger partial charge on any atom is -0.310 e. The quantitative estimate of drug-likeness (QED) is 0.306. The second-order valence-corrected chi connectivity index (χ2v) is 7.28. The zero-order chi connectivity index (χ0) is 18.9. The minimum absolute atomic E-state index is 0.725. The van der Waals surface area contributed by atoms with Gasteiger partial charge in [0, 0.05) is 21.8 Å². The van der Waals surface area contributed by atoms with Crippen LogP contribution >= 0.6 is 11.6 Å². The maximum Gasteiger partial charge on any atom is 0.0540 e. The lowest BCUT2D eigenvalue weighted by Gasteiger charge is -2.27. The molecule has 0 heterocycles. The average Bonchev–Trinajstić information content (AvgIpc) is 2.74. The molecule has 0 radical (unpaired) electrons. The highest BCUT2D eigenvalue weighted by molar-refractivity contribution is 6.30. The van der Waals surface area contributed by atoms with Gasteiger partial charge in [0.1, 0.15) is 0 Å². The van der Waals surface area contributed by atoms with Gasteiger partial charge in [0.25, 0.3) is 0 Å². The van der Waals surface area contributed by atoms with Gasteiger partial charge in [0.05, 0.1) is 5.69 Å². The summed E-state index contributed by atoms with van der Waals surface area (Å²) in [5.41, 5.74) is 3.28. The van der Waals surface area contributed by atoms with Crippen LogP contribution in [-0.4, -0.2) is 0 Å². The summed E-state index contributed by atoms with van der Waals surface area (Å²) in [7, 11) is 0. The van der Waals surface area contributed by atoms with Crippen molar-refractivity contribution < 1.29 is 0 Å². The third-order valence-electron chi connectivity index (χ3n) is 5.07. The second-order valence-electron chi connectivity index (χ2n) is 6.85. The van der Waals surface area contributed by atoms with Gasteiger partial charge in [-0.05, 0) is 52.6 Å². The van der Waals surface area contributed by atoms with Crippen LogP contribution in [0, 0.1) is 0 Å². The molecular formula is C26H18ClN. The maximum absolute atomic E-state index is 6.35. The number of halogens is 1. The highest BCUT2D eigenvalue weighted by Crippen LogP contribution is 2.40. The Morgan fingerprint density at radius 2 is 1.18 bits per heavy atom. The van der Waals surface area contributed by atoms with Crippen LogP contribution in [0.4, 0.5) is 17.1 Å². The van der Waals surface area contributed by atoms with E-state index in [0.29, 0.717) is 0 Å². The molecule has 2 heteroatoms. The first-order chi connectivity index (χ1) is 13.8. The fourth-order valence-electron chi connectivity index (χ4n) is 3.76. The van der Waals surface area contributed by atoms with Crippen LogP contribution in [0.15, 0.2) is 109 Å². The van der Waals surface area contributed by atoms with E-state index >= 15 is 0 Å². The van der Waals surface area contributed by atoms with Crippen molar-refractivity contribution in [3.63, 3.8) is 0 Å².